The first-order valence-electron chi connectivity index (χ1n) is 6.14. The molecule has 0 atom stereocenters. The molecular weight excluding hydrogens is 200 g/mol. The Bertz CT molecular complexity index is 344. The average molecular weight is 220 g/mol. The van der Waals surface area contributed by atoms with E-state index >= 15 is 0 Å². The lowest BCUT2D eigenvalue weighted by Gasteiger charge is -2.16. The molecular formula is C13H20N2O. The number of aromatic nitrogens is 1. The van der Waals surface area contributed by atoms with Gasteiger partial charge in [-0.3, -0.25) is 0 Å². The van der Waals surface area contributed by atoms with Crippen LogP contribution in [0.2, 0.25) is 0 Å². The smallest absolute Gasteiger partial charge is 0.215 e. The molecule has 1 fully saturated rings. The summed E-state index contributed by atoms with van der Waals surface area (Å²) >= 11 is 0. The van der Waals surface area contributed by atoms with Crippen LogP contribution >= 0.6 is 0 Å². The largest absolute Gasteiger partial charge is 0.474 e. The van der Waals surface area contributed by atoms with Crippen LogP contribution < -0.4 is 10.5 Å². The van der Waals surface area contributed by atoms with Crippen molar-refractivity contribution in [3.63, 3.8) is 0 Å². The van der Waals surface area contributed by atoms with Gasteiger partial charge in [-0.15, -0.1) is 0 Å². The minimum Gasteiger partial charge on any atom is -0.474 e. The molecule has 0 unspecified atom stereocenters. The Kier molecular flexibility index (Phi) is 3.65. The summed E-state index contributed by atoms with van der Waals surface area (Å²) < 4.78 is 5.88. The quantitative estimate of drug-likeness (QED) is 0.779. The van der Waals surface area contributed by atoms with E-state index in [0.717, 1.165) is 24.1 Å². The number of nitrogens with zero attached hydrogens (tertiary/aromatic N) is 1. The van der Waals surface area contributed by atoms with Crippen LogP contribution in [0.25, 0.3) is 0 Å². The Balaban J connectivity index is 1.99. The molecule has 1 aliphatic rings. The second-order valence-electron chi connectivity index (χ2n) is 4.61. The van der Waals surface area contributed by atoms with Crippen LogP contribution in [0, 0.1) is 6.92 Å². The molecule has 1 saturated carbocycles. The first kappa shape index (κ1) is 11.2. The van der Waals surface area contributed by atoms with Crippen molar-refractivity contribution in [2.24, 2.45) is 0 Å². The number of ether oxygens (including phenoxy) is 1. The van der Waals surface area contributed by atoms with E-state index in [1.54, 1.807) is 6.20 Å². The van der Waals surface area contributed by atoms with Crippen molar-refractivity contribution in [1.82, 2.24) is 4.98 Å². The molecule has 1 aliphatic carbocycles. The zero-order valence-electron chi connectivity index (χ0n) is 9.91. The molecule has 0 bridgehead atoms. The molecule has 2 N–H and O–H groups in total. The predicted octanol–water partition coefficient (Wildman–Crippen LogP) is 3.07. The summed E-state index contributed by atoms with van der Waals surface area (Å²) in [5.74, 6) is 0.676. The van der Waals surface area contributed by atoms with Gasteiger partial charge in [0.1, 0.15) is 6.10 Å². The first-order valence-corrected chi connectivity index (χ1v) is 6.14. The molecule has 0 aromatic carbocycles. The molecule has 1 heterocycles. The monoisotopic (exact) mass is 220 g/mol. The molecule has 3 nitrogen and oxygen atoms in total. The first-order chi connectivity index (χ1) is 7.75. The summed E-state index contributed by atoms with van der Waals surface area (Å²) in [6.45, 7) is 1.96. The minimum absolute atomic E-state index is 0.331. The van der Waals surface area contributed by atoms with Gasteiger partial charge in [-0.2, -0.15) is 0 Å². The molecule has 0 aliphatic heterocycles. The lowest BCUT2D eigenvalue weighted by molar-refractivity contribution is 0.176. The molecule has 0 amide bonds. The van der Waals surface area contributed by atoms with Crippen molar-refractivity contribution in [1.29, 1.82) is 0 Å². The summed E-state index contributed by atoms with van der Waals surface area (Å²) in [6, 6.07) is 1.83. The van der Waals surface area contributed by atoms with E-state index in [1.165, 1.54) is 25.7 Å². The lowest BCUT2D eigenvalue weighted by Crippen LogP contribution is -2.16. The van der Waals surface area contributed by atoms with Crippen LogP contribution in [-0.2, 0) is 0 Å². The number of pyridine rings is 1. The number of nitrogens with two attached hydrogens (primary N) is 1. The van der Waals surface area contributed by atoms with Crippen molar-refractivity contribution in [3.05, 3.63) is 17.8 Å². The summed E-state index contributed by atoms with van der Waals surface area (Å²) in [6.07, 6.45) is 9.62. The molecule has 0 saturated heterocycles. The van der Waals surface area contributed by atoms with Gasteiger partial charge in [-0.05, 0) is 38.2 Å². The Labute approximate surface area is 97.0 Å². The van der Waals surface area contributed by atoms with Gasteiger partial charge in [0.05, 0.1) is 0 Å². The molecule has 3 heteroatoms. The molecule has 0 spiro atoms. The fraction of sp³-hybridized carbons (Fsp3) is 0.615. The zero-order chi connectivity index (χ0) is 11.4. The van der Waals surface area contributed by atoms with Crippen molar-refractivity contribution < 1.29 is 4.74 Å². The van der Waals surface area contributed by atoms with Crippen molar-refractivity contribution in [2.45, 2.75) is 51.6 Å². The third kappa shape index (κ3) is 2.87. The summed E-state index contributed by atoms with van der Waals surface area (Å²) in [4.78, 5) is 4.26. The Hall–Kier alpha value is -1.25. The SMILES string of the molecule is Cc1cnc(OC2CCCCCC2)cc1N. The van der Waals surface area contributed by atoms with E-state index in [-0.39, 0.29) is 0 Å². The summed E-state index contributed by atoms with van der Waals surface area (Å²) in [5, 5.41) is 0. The van der Waals surface area contributed by atoms with Gasteiger partial charge >= 0.3 is 0 Å². The highest BCUT2D eigenvalue weighted by atomic mass is 16.5. The average Bonchev–Trinajstić information content (AvgIpc) is 2.52. The number of hydrogen-bond acceptors (Lipinski definition) is 3. The van der Waals surface area contributed by atoms with E-state index in [4.69, 9.17) is 10.5 Å². The minimum atomic E-state index is 0.331. The molecule has 1 aromatic rings. The van der Waals surface area contributed by atoms with E-state index in [2.05, 4.69) is 4.98 Å². The molecule has 16 heavy (non-hydrogen) atoms. The Morgan fingerprint density at radius 2 is 1.94 bits per heavy atom. The topological polar surface area (TPSA) is 48.1 Å². The molecule has 1 aromatic heterocycles. The van der Waals surface area contributed by atoms with Gasteiger partial charge in [0.2, 0.25) is 5.88 Å². The van der Waals surface area contributed by atoms with Crippen LogP contribution in [-0.4, -0.2) is 11.1 Å². The number of nitrogen functional groups attached to an aromatic ring is 1. The summed E-state index contributed by atoms with van der Waals surface area (Å²) in [7, 11) is 0. The third-order valence-electron chi connectivity index (χ3n) is 3.21. The fourth-order valence-electron chi connectivity index (χ4n) is 2.11. The van der Waals surface area contributed by atoms with Gasteiger partial charge in [-0.25, -0.2) is 4.98 Å². The van der Waals surface area contributed by atoms with E-state index < -0.39 is 0 Å². The van der Waals surface area contributed by atoms with Crippen LogP contribution in [0.4, 0.5) is 5.69 Å². The standard InChI is InChI=1S/C13H20N2O/c1-10-9-15-13(8-12(10)14)16-11-6-4-2-3-5-7-11/h8-9,11H,2-7H2,1H3,(H2,14,15). The normalized spacial score (nSPS) is 18.1. The number of rotatable bonds is 2. The maximum absolute atomic E-state index is 5.88. The summed E-state index contributed by atoms with van der Waals surface area (Å²) in [5.41, 5.74) is 7.61. The fourth-order valence-corrected chi connectivity index (χ4v) is 2.11. The highest BCUT2D eigenvalue weighted by molar-refractivity contribution is 5.47. The molecule has 2 rings (SSSR count). The van der Waals surface area contributed by atoms with Crippen molar-refractivity contribution >= 4 is 5.69 Å². The van der Waals surface area contributed by atoms with E-state index in [0.29, 0.717) is 12.0 Å². The van der Waals surface area contributed by atoms with Gasteiger partial charge < -0.3 is 10.5 Å². The van der Waals surface area contributed by atoms with Crippen molar-refractivity contribution in [3.8, 4) is 5.88 Å². The van der Waals surface area contributed by atoms with Gasteiger partial charge in [0, 0.05) is 18.0 Å². The Morgan fingerprint density at radius 3 is 2.56 bits per heavy atom. The lowest BCUT2D eigenvalue weighted by atomic mass is 10.1. The van der Waals surface area contributed by atoms with E-state index in [1.807, 2.05) is 13.0 Å². The number of aryl methyl sites for hydroxylation is 1. The number of anilines is 1. The van der Waals surface area contributed by atoms with E-state index in [9.17, 15) is 0 Å². The highest BCUT2D eigenvalue weighted by Gasteiger charge is 2.14. The van der Waals surface area contributed by atoms with Crippen molar-refractivity contribution in [2.75, 3.05) is 5.73 Å². The molecule has 0 radical (unpaired) electrons. The van der Waals surface area contributed by atoms with Crippen LogP contribution in [0.5, 0.6) is 5.88 Å². The molecule has 88 valence electrons. The second kappa shape index (κ2) is 5.19. The Morgan fingerprint density at radius 1 is 1.25 bits per heavy atom. The third-order valence-corrected chi connectivity index (χ3v) is 3.21. The number of hydrogen-bond donors (Lipinski definition) is 1. The predicted molar refractivity (Wildman–Crippen MR) is 65.5 cm³/mol. The van der Waals surface area contributed by atoms with Gasteiger partial charge in [-0.1, -0.05) is 12.8 Å². The second-order valence-corrected chi connectivity index (χ2v) is 4.61. The van der Waals surface area contributed by atoms with Crippen LogP contribution in [0.1, 0.15) is 44.1 Å². The van der Waals surface area contributed by atoms with Gasteiger partial charge in [0.15, 0.2) is 0 Å². The van der Waals surface area contributed by atoms with Crippen LogP contribution in [0.3, 0.4) is 0 Å². The zero-order valence-corrected chi connectivity index (χ0v) is 9.91. The van der Waals surface area contributed by atoms with Gasteiger partial charge in [0.25, 0.3) is 0 Å². The van der Waals surface area contributed by atoms with Crippen LogP contribution in [0.15, 0.2) is 12.3 Å². The maximum atomic E-state index is 5.88. The highest BCUT2D eigenvalue weighted by Crippen LogP contribution is 2.23. The maximum Gasteiger partial charge on any atom is 0.215 e.